The molecule has 0 aromatic rings. The van der Waals surface area contributed by atoms with E-state index in [1.54, 1.807) is 0 Å². The van der Waals surface area contributed by atoms with Gasteiger partial charge in [0, 0.05) is 13.1 Å². The van der Waals surface area contributed by atoms with E-state index in [1.165, 1.54) is 0 Å². The van der Waals surface area contributed by atoms with Crippen molar-refractivity contribution in [3.05, 3.63) is 0 Å². The van der Waals surface area contributed by atoms with E-state index < -0.39 is 9.84 Å². The minimum Gasteiger partial charge on any atom is -0.342 e. The average molecular weight is 289 g/mol. The third-order valence-corrected chi connectivity index (χ3v) is 5.51. The molecule has 19 heavy (non-hydrogen) atoms. The topological polar surface area (TPSA) is 54.5 Å². The van der Waals surface area contributed by atoms with Crippen LogP contribution >= 0.6 is 0 Å². The van der Waals surface area contributed by atoms with Crippen molar-refractivity contribution in [3.8, 4) is 0 Å². The quantitative estimate of drug-likeness (QED) is 0.722. The summed E-state index contributed by atoms with van der Waals surface area (Å²) in [6.07, 6.45) is 5.46. The lowest BCUT2D eigenvalue weighted by Crippen LogP contribution is -2.42. The van der Waals surface area contributed by atoms with E-state index in [0.717, 1.165) is 45.2 Å². The van der Waals surface area contributed by atoms with Crippen LogP contribution in [0.5, 0.6) is 0 Å². The Bertz CT molecular complexity index is 370. The van der Waals surface area contributed by atoms with E-state index in [1.807, 2.05) is 4.90 Å². The average Bonchev–Trinajstić information content (AvgIpc) is 2.37. The fraction of sp³-hybridized carbons (Fsp3) is 0.929. The standard InChI is InChI=1S/C14H27NO3S/c1-3-5-9-15(10-6-4-2)14(16)13-8-7-11-19(17,18)12-13/h13H,3-12H2,1-2H3. The highest BCUT2D eigenvalue weighted by Crippen LogP contribution is 2.21. The van der Waals surface area contributed by atoms with Crippen LogP contribution in [-0.2, 0) is 14.6 Å². The number of rotatable bonds is 7. The molecule has 0 aromatic heterocycles. The third kappa shape index (κ3) is 5.51. The second-order valence-electron chi connectivity index (χ2n) is 5.49. The molecule has 0 spiro atoms. The first kappa shape index (κ1) is 16.5. The largest absolute Gasteiger partial charge is 0.342 e. The SMILES string of the molecule is CCCCN(CCCC)C(=O)C1CCCS(=O)(=O)C1. The van der Waals surface area contributed by atoms with Crippen LogP contribution in [-0.4, -0.2) is 43.8 Å². The van der Waals surface area contributed by atoms with E-state index in [2.05, 4.69) is 13.8 Å². The maximum absolute atomic E-state index is 12.5. The molecule has 5 heteroatoms. The van der Waals surface area contributed by atoms with Gasteiger partial charge in [-0.05, 0) is 25.7 Å². The van der Waals surface area contributed by atoms with Crippen molar-refractivity contribution in [1.29, 1.82) is 0 Å². The molecule has 1 amide bonds. The Hall–Kier alpha value is -0.580. The van der Waals surface area contributed by atoms with E-state index in [4.69, 9.17) is 0 Å². The minimum atomic E-state index is -3.00. The Morgan fingerprint density at radius 1 is 1.16 bits per heavy atom. The Balaban J connectivity index is 2.63. The predicted octanol–water partition coefficient (Wildman–Crippen LogP) is 2.24. The molecule has 0 N–H and O–H groups in total. The molecule has 0 bridgehead atoms. The summed E-state index contributed by atoms with van der Waals surface area (Å²) in [5.41, 5.74) is 0. The number of carbonyl (C=O) groups excluding carboxylic acids is 1. The highest BCUT2D eigenvalue weighted by atomic mass is 32.2. The summed E-state index contributed by atoms with van der Waals surface area (Å²) in [4.78, 5) is 14.3. The number of amides is 1. The van der Waals surface area contributed by atoms with Gasteiger partial charge in [0.25, 0.3) is 0 Å². The summed E-state index contributed by atoms with van der Waals surface area (Å²) in [6.45, 7) is 5.75. The molecular formula is C14H27NO3S. The van der Waals surface area contributed by atoms with Gasteiger partial charge in [0.1, 0.15) is 0 Å². The van der Waals surface area contributed by atoms with Crippen LogP contribution in [0.3, 0.4) is 0 Å². The number of carbonyl (C=O) groups is 1. The molecule has 1 aliphatic rings. The molecule has 0 radical (unpaired) electrons. The second-order valence-corrected chi connectivity index (χ2v) is 7.71. The molecule has 1 aliphatic heterocycles. The molecule has 1 fully saturated rings. The Labute approximate surface area is 117 Å². The van der Waals surface area contributed by atoms with Crippen LogP contribution in [0.25, 0.3) is 0 Å². The second kappa shape index (κ2) is 7.88. The zero-order valence-corrected chi connectivity index (χ0v) is 13.0. The van der Waals surface area contributed by atoms with E-state index in [0.29, 0.717) is 6.42 Å². The fourth-order valence-corrected chi connectivity index (χ4v) is 4.20. The molecule has 0 aliphatic carbocycles. The summed E-state index contributed by atoms with van der Waals surface area (Å²) in [6, 6.07) is 0. The van der Waals surface area contributed by atoms with Gasteiger partial charge in [-0.25, -0.2) is 8.42 Å². The molecule has 1 heterocycles. The molecular weight excluding hydrogens is 262 g/mol. The van der Waals surface area contributed by atoms with Crippen LogP contribution < -0.4 is 0 Å². The first-order valence-corrected chi connectivity index (χ1v) is 9.31. The highest BCUT2D eigenvalue weighted by Gasteiger charge is 2.32. The number of hydrogen-bond acceptors (Lipinski definition) is 3. The van der Waals surface area contributed by atoms with Gasteiger partial charge in [-0.15, -0.1) is 0 Å². The van der Waals surface area contributed by atoms with Gasteiger partial charge in [0.15, 0.2) is 9.84 Å². The lowest BCUT2D eigenvalue weighted by molar-refractivity contribution is -0.135. The van der Waals surface area contributed by atoms with Crippen LogP contribution in [0.2, 0.25) is 0 Å². The smallest absolute Gasteiger partial charge is 0.226 e. The van der Waals surface area contributed by atoms with Gasteiger partial charge >= 0.3 is 0 Å². The van der Waals surface area contributed by atoms with Crippen molar-refractivity contribution in [1.82, 2.24) is 4.90 Å². The summed E-state index contributed by atoms with van der Waals surface area (Å²) in [5.74, 6) is 0.0685. The summed E-state index contributed by atoms with van der Waals surface area (Å²) in [7, 11) is -3.00. The number of hydrogen-bond donors (Lipinski definition) is 0. The minimum absolute atomic E-state index is 0.0561. The number of unbranched alkanes of at least 4 members (excludes halogenated alkanes) is 2. The van der Waals surface area contributed by atoms with Gasteiger partial charge < -0.3 is 4.90 Å². The maximum atomic E-state index is 12.5. The van der Waals surface area contributed by atoms with Gasteiger partial charge in [-0.3, -0.25) is 4.79 Å². The predicted molar refractivity (Wildman–Crippen MR) is 77.8 cm³/mol. The third-order valence-electron chi connectivity index (χ3n) is 3.69. The first-order valence-electron chi connectivity index (χ1n) is 7.49. The zero-order chi connectivity index (χ0) is 14.3. The monoisotopic (exact) mass is 289 g/mol. The van der Waals surface area contributed by atoms with E-state index >= 15 is 0 Å². The van der Waals surface area contributed by atoms with Crippen LogP contribution in [0, 0.1) is 5.92 Å². The van der Waals surface area contributed by atoms with E-state index in [9.17, 15) is 13.2 Å². The first-order chi connectivity index (χ1) is 9.00. The Kier molecular flexibility index (Phi) is 6.83. The fourth-order valence-electron chi connectivity index (χ4n) is 2.51. The van der Waals surface area contributed by atoms with Crippen molar-refractivity contribution in [2.75, 3.05) is 24.6 Å². The van der Waals surface area contributed by atoms with Gasteiger partial charge in [-0.2, -0.15) is 0 Å². The van der Waals surface area contributed by atoms with Crippen molar-refractivity contribution >= 4 is 15.7 Å². The van der Waals surface area contributed by atoms with Gasteiger partial charge in [-0.1, -0.05) is 26.7 Å². The molecule has 112 valence electrons. The lowest BCUT2D eigenvalue weighted by atomic mass is 10.0. The highest BCUT2D eigenvalue weighted by molar-refractivity contribution is 7.91. The molecule has 1 atom stereocenters. The molecule has 1 rings (SSSR count). The van der Waals surface area contributed by atoms with Crippen molar-refractivity contribution < 1.29 is 13.2 Å². The van der Waals surface area contributed by atoms with Gasteiger partial charge in [0.2, 0.25) is 5.91 Å². The Morgan fingerprint density at radius 3 is 2.21 bits per heavy atom. The van der Waals surface area contributed by atoms with Crippen molar-refractivity contribution in [2.45, 2.75) is 52.4 Å². The molecule has 4 nitrogen and oxygen atoms in total. The maximum Gasteiger partial charge on any atom is 0.226 e. The summed E-state index contributed by atoms with van der Waals surface area (Å²) >= 11 is 0. The summed E-state index contributed by atoms with van der Waals surface area (Å²) < 4.78 is 23.3. The van der Waals surface area contributed by atoms with Gasteiger partial charge in [0.05, 0.1) is 17.4 Å². The van der Waals surface area contributed by atoms with Crippen LogP contribution in [0.4, 0.5) is 0 Å². The summed E-state index contributed by atoms with van der Waals surface area (Å²) in [5, 5.41) is 0. The zero-order valence-electron chi connectivity index (χ0n) is 12.2. The molecule has 1 unspecified atom stereocenters. The molecule has 0 aromatic carbocycles. The molecule has 0 saturated carbocycles. The van der Waals surface area contributed by atoms with Crippen LogP contribution in [0.1, 0.15) is 52.4 Å². The number of sulfone groups is 1. The lowest BCUT2D eigenvalue weighted by Gasteiger charge is -2.29. The normalized spacial score (nSPS) is 22.1. The Morgan fingerprint density at radius 2 is 1.74 bits per heavy atom. The van der Waals surface area contributed by atoms with Crippen LogP contribution in [0.15, 0.2) is 0 Å². The van der Waals surface area contributed by atoms with Crippen molar-refractivity contribution in [3.63, 3.8) is 0 Å². The molecule has 1 saturated heterocycles. The number of nitrogens with zero attached hydrogens (tertiary/aromatic N) is 1. The van der Waals surface area contributed by atoms with E-state index in [-0.39, 0.29) is 23.3 Å². The van der Waals surface area contributed by atoms with Crippen molar-refractivity contribution in [2.24, 2.45) is 5.92 Å².